The van der Waals surface area contributed by atoms with Gasteiger partial charge >= 0.3 is 0 Å². The van der Waals surface area contributed by atoms with Gasteiger partial charge in [-0.25, -0.2) is 0 Å². The molecule has 0 amide bonds. The Morgan fingerprint density at radius 1 is 0.865 bits per heavy atom. The van der Waals surface area contributed by atoms with E-state index >= 15 is 0 Å². The number of rotatable bonds is 7. The fraction of sp³-hybridized carbons (Fsp3) is 0.733. The Labute approximate surface area is 221 Å². The van der Waals surface area contributed by atoms with Gasteiger partial charge in [-0.15, -0.1) is 0 Å². The Morgan fingerprint density at radius 2 is 1.51 bits per heavy atom. The first-order valence-electron chi connectivity index (χ1n) is 14.0. The molecular weight excluding hydrogens is 472 g/mol. The van der Waals surface area contributed by atoms with Crippen molar-refractivity contribution in [3.05, 3.63) is 42.0 Å². The first kappa shape index (κ1) is 27.3. The van der Waals surface area contributed by atoms with E-state index in [9.17, 15) is 10.2 Å². The molecule has 2 N–H and O–H groups in total. The quantitative estimate of drug-likeness (QED) is 0.520. The molecule has 0 bridgehead atoms. The van der Waals surface area contributed by atoms with Crippen LogP contribution in [0.3, 0.4) is 0 Å². The largest absolute Gasteiger partial charge is 0.387 e. The van der Waals surface area contributed by atoms with Crippen molar-refractivity contribution < 1.29 is 33.9 Å². The molecular formula is C30H44O7. The van der Waals surface area contributed by atoms with Crippen molar-refractivity contribution >= 4 is 6.08 Å². The van der Waals surface area contributed by atoms with Crippen molar-refractivity contribution in [1.82, 2.24) is 0 Å². The van der Waals surface area contributed by atoms with Gasteiger partial charge in [0.15, 0.2) is 5.79 Å². The molecule has 4 heterocycles. The molecule has 1 unspecified atom stereocenters. The second kappa shape index (κ2) is 10.7. The van der Waals surface area contributed by atoms with Crippen LogP contribution in [-0.2, 0) is 23.7 Å². The lowest BCUT2D eigenvalue weighted by molar-refractivity contribution is -0.160. The Bertz CT molecular complexity index is 927. The summed E-state index contributed by atoms with van der Waals surface area (Å²) >= 11 is 0. The minimum Gasteiger partial charge on any atom is -0.387 e. The molecule has 4 saturated heterocycles. The Hall–Kier alpha value is -1.32. The number of ether oxygens (including phenoxy) is 5. The lowest BCUT2D eigenvalue weighted by atomic mass is 9.89. The summed E-state index contributed by atoms with van der Waals surface area (Å²) in [5, 5.41) is 22.6. The number of epoxide rings is 1. The third-order valence-electron chi connectivity index (χ3n) is 8.51. The third-order valence-corrected chi connectivity index (χ3v) is 8.51. The van der Waals surface area contributed by atoms with Crippen LogP contribution in [0.1, 0.15) is 78.2 Å². The predicted octanol–water partition coefficient (Wildman–Crippen LogP) is 4.39. The summed E-state index contributed by atoms with van der Waals surface area (Å²) in [5.41, 5.74) is -0.770. The van der Waals surface area contributed by atoms with Crippen molar-refractivity contribution in [2.75, 3.05) is 6.61 Å². The number of fused-ring (bicyclic) bond motifs is 1. The van der Waals surface area contributed by atoms with Gasteiger partial charge in [-0.1, -0.05) is 42.5 Å². The highest BCUT2D eigenvalue weighted by Crippen LogP contribution is 2.41. The third kappa shape index (κ3) is 6.82. The maximum atomic E-state index is 11.3. The van der Waals surface area contributed by atoms with Crippen LogP contribution in [0.4, 0.5) is 0 Å². The molecule has 0 radical (unpaired) electrons. The smallest absolute Gasteiger partial charge is 0.163 e. The average Bonchev–Trinajstić information content (AvgIpc) is 3.54. The van der Waals surface area contributed by atoms with E-state index in [1.54, 1.807) is 0 Å². The lowest BCUT2D eigenvalue weighted by Crippen LogP contribution is -2.42. The van der Waals surface area contributed by atoms with Crippen LogP contribution in [0.5, 0.6) is 0 Å². The van der Waals surface area contributed by atoms with E-state index in [0.717, 1.165) is 12.0 Å². The van der Waals surface area contributed by atoms with Gasteiger partial charge in [0.1, 0.15) is 6.10 Å². The molecule has 37 heavy (non-hydrogen) atoms. The summed E-state index contributed by atoms with van der Waals surface area (Å²) in [4.78, 5) is 0. The highest BCUT2D eigenvalue weighted by atomic mass is 16.7. The van der Waals surface area contributed by atoms with Crippen molar-refractivity contribution in [2.45, 2.75) is 132 Å². The van der Waals surface area contributed by atoms with Gasteiger partial charge in [0.05, 0.1) is 54.4 Å². The molecule has 7 nitrogen and oxygen atoms in total. The molecule has 1 aromatic carbocycles. The van der Waals surface area contributed by atoms with E-state index in [1.165, 1.54) is 0 Å². The zero-order valence-electron chi connectivity index (χ0n) is 22.7. The van der Waals surface area contributed by atoms with Gasteiger partial charge in [0.2, 0.25) is 0 Å². The second-order valence-corrected chi connectivity index (χ2v) is 12.3. The van der Waals surface area contributed by atoms with Crippen LogP contribution in [0.15, 0.2) is 36.4 Å². The van der Waals surface area contributed by atoms with Gasteiger partial charge < -0.3 is 33.9 Å². The summed E-state index contributed by atoms with van der Waals surface area (Å²) in [6, 6.07) is 10.2. The average molecular weight is 517 g/mol. The molecule has 0 aromatic heterocycles. The van der Waals surface area contributed by atoms with Gasteiger partial charge in [-0.2, -0.15) is 0 Å². The van der Waals surface area contributed by atoms with E-state index in [1.807, 2.05) is 45.9 Å². The predicted molar refractivity (Wildman–Crippen MR) is 140 cm³/mol. The van der Waals surface area contributed by atoms with Crippen LogP contribution < -0.4 is 0 Å². The van der Waals surface area contributed by atoms with Crippen molar-refractivity contribution in [3.63, 3.8) is 0 Å². The minimum atomic E-state index is -0.964. The molecule has 9 atom stereocenters. The van der Waals surface area contributed by atoms with Crippen LogP contribution in [-0.4, -0.2) is 76.5 Å². The van der Waals surface area contributed by atoms with E-state index in [2.05, 4.69) is 24.3 Å². The van der Waals surface area contributed by atoms with Crippen molar-refractivity contribution in [1.29, 1.82) is 0 Å². The monoisotopic (exact) mass is 516 g/mol. The molecule has 1 aromatic rings. The van der Waals surface area contributed by atoms with Gasteiger partial charge in [-0.3, -0.25) is 0 Å². The van der Waals surface area contributed by atoms with E-state index < -0.39 is 17.0 Å². The Morgan fingerprint density at radius 3 is 2.16 bits per heavy atom. The normalized spacial score (nSPS) is 43.8. The van der Waals surface area contributed by atoms with Gasteiger partial charge in [-0.05, 0) is 71.8 Å². The molecule has 4 aliphatic rings. The number of hydrogen-bond donors (Lipinski definition) is 2. The molecule has 4 aliphatic heterocycles. The molecule has 206 valence electrons. The minimum absolute atomic E-state index is 0.00590. The Balaban J connectivity index is 1.19. The van der Waals surface area contributed by atoms with Crippen LogP contribution in [0.2, 0.25) is 0 Å². The van der Waals surface area contributed by atoms with E-state index in [-0.39, 0.29) is 42.7 Å². The highest BCUT2D eigenvalue weighted by Gasteiger charge is 2.49. The standard InChI is InChI=1S/C30H44O7/c1-28(2)33-19-21(37-28)11-13-26-29(3,31)16-14-24-23(35-26)15-17-30(4,32)27(36-24)18-25-22(34-25)12-10-20-8-6-5-7-9-20/h5-10,12,21-27,31-32H,11,13-19H2,1-4H3/b12-10-/t21?,22-,23+,24-,25-,26-,27+,29+,30-/m1/s1. The molecule has 5 rings (SSSR count). The maximum absolute atomic E-state index is 11.3. The number of hydrogen-bond acceptors (Lipinski definition) is 7. The van der Waals surface area contributed by atoms with Crippen molar-refractivity contribution in [2.24, 2.45) is 0 Å². The highest BCUT2D eigenvalue weighted by molar-refractivity contribution is 5.50. The summed E-state index contributed by atoms with van der Waals surface area (Å²) in [6.45, 7) is 8.15. The number of aliphatic hydroxyl groups is 2. The topological polar surface area (TPSA) is 89.9 Å². The molecule has 4 fully saturated rings. The fourth-order valence-electron chi connectivity index (χ4n) is 6.02. The summed E-state index contributed by atoms with van der Waals surface area (Å²) in [5.74, 6) is -0.556. The van der Waals surface area contributed by atoms with Crippen LogP contribution >= 0.6 is 0 Å². The first-order chi connectivity index (χ1) is 17.5. The van der Waals surface area contributed by atoms with E-state index in [4.69, 9.17) is 23.7 Å². The molecule has 0 spiro atoms. The summed E-state index contributed by atoms with van der Waals surface area (Å²) < 4.78 is 30.7. The zero-order valence-corrected chi connectivity index (χ0v) is 22.7. The molecule has 7 heteroatoms. The van der Waals surface area contributed by atoms with E-state index in [0.29, 0.717) is 45.1 Å². The first-order valence-corrected chi connectivity index (χ1v) is 14.0. The van der Waals surface area contributed by atoms with Gasteiger partial charge in [0, 0.05) is 6.42 Å². The summed E-state index contributed by atoms with van der Waals surface area (Å²) in [6.07, 6.45) is 7.89. The maximum Gasteiger partial charge on any atom is 0.163 e. The zero-order chi connectivity index (χ0) is 26.3. The van der Waals surface area contributed by atoms with Gasteiger partial charge in [0.25, 0.3) is 0 Å². The second-order valence-electron chi connectivity index (χ2n) is 12.3. The molecule has 0 saturated carbocycles. The van der Waals surface area contributed by atoms with Crippen LogP contribution in [0, 0.1) is 0 Å². The van der Waals surface area contributed by atoms with Crippen molar-refractivity contribution in [3.8, 4) is 0 Å². The van der Waals surface area contributed by atoms with Crippen LogP contribution in [0.25, 0.3) is 6.08 Å². The SMILES string of the molecule is CC1(C)OCC(CC[C@H]2O[C@H]3CC[C@@](C)(O)[C@H](C[C@H]4O[C@@H]4/C=C\c4ccccc4)O[C@@H]3CC[C@]2(C)O)O1. The fourth-order valence-corrected chi connectivity index (χ4v) is 6.02. The molecule has 0 aliphatic carbocycles. The Kier molecular flexibility index (Phi) is 7.87. The summed E-state index contributed by atoms with van der Waals surface area (Å²) in [7, 11) is 0. The number of benzene rings is 1. The lowest BCUT2D eigenvalue weighted by Gasteiger charge is -2.33.